The SMILES string of the molecule is CC(C(=O)N(Cc1nccn1C)C1CC1)C1CNC1. The third-order valence-corrected chi connectivity index (χ3v) is 4.41. The van der Waals surface area contributed by atoms with Crippen LogP contribution in [0.3, 0.4) is 0 Å². The fourth-order valence-electron chi connectivity index (χ4n) is 2.60. The first kappa shape index (κ1) is 12.7. The van der Waals surface area contributed by atoms with Crippen LogP contribution in [0, 0.1) is 11.8 Å². The fourth-order valence-corrected chi connectivity index (χ4v) is 2.60. The average Bonchev–Trinajstić information content (AvgIpc) is 3.08. The van der Waals surface area contributed by atoms with Gasteiger partial charge in [-0.15, -0.1) is 0 Å². The summed E-state index contributed by atoms with van der Waals surface area (Å²) in [6.45, 7) is 4.68. The number of carbonyl (C=O) groups is 1. The second kappa shape index (κ2) is 4.96. The van der Waals surface area contributed by atoms with Gasteiger partial charge in [0.1, 0.15) is 5.82 Å². The van der Waals surface area contributed by atoms with E-state index in [-0.39, 0.29) is 5.92 Å². The van der Waals surface area contributed by atoms with E-state index in [4.69, 9.17) is 0 Å². The molecular formula is C14H22N4O. The van der Waals surface area contributed by atoms with Crippen LogP contribution >= 0.6 is 0 Å². The molecule has 0 bridgehead atoms. The number of aryl methyl sites for hydroxylation is 1. The van der Waals surface area contributed by atoms with Crippen molar-refractivity contribution in [3.63, 3.8) is 0 Å². The van der Waals surface area contributed by atoms with Gasteiger partial charge in [-0.3, -0.25) is 4.79 Å². The smallest absolute Gasteiger partial charge is 0.226 e. The first-order valence-corrected chi connectivity index (χ1v) is 7.14. The molecule has 1 N–H and O–H groups in total. The third kappa shape index (κ3) is 2.52. The Morgan fingerprint density at radius 3 is 2.79 bits per heavy atom. The number of aromatic nitrogens is 2. The van der Waals surface area contributed by atoms with E-state index in [1.54, 1.807) is 6.20 Å². The molecule has 1 aromatic rings. The Balaban J connectivity index is 1.70. The Bertz CT molecular complexity index is 462. The lowest BCUT2D eigenvalue weighted by Gasteiger charge is -2.35. The Morgan fingerprint density at radius 2 is 2.32 bits per heavy atom. The zero-order valence-corrected chi connectivity index (χ0v) is 11.7. The number of amides is 1. The van der Waals surface area contributed by atoms with Crippen molar-refractivity contribution in [1.82, 2.24) is 19.8 Å². The molecule has 0 spiro atoms. The maximum Gasteiger partial charge on any atom is 0.226 e. The molecule has 19 heavy (non-hydrogen) atoms. The molecule has 1 saturated carbocycles. The first-order valence-electron chi connectivity index (χ1n) is 7.14. The van der Waals surface area contributed by atoms with Gasteiger partial charge in [-0.05, 0) is 31.8 Å². The molecule has 2 fully saturated rings. The predicted molar refractivity (Wildman–Crippen MR) is 72.3 cm³/mol. The highest BCUT2D eigenvalue weighted by Crippen LogP contribution is 2.31. The van der Waals surface area contributed by atoms with Crippen molar-refractivity contribution in [2.45, 2.75) is 32.4 Å². The Morgan fingerprint density at radius 1 is 1.58 bits per heavy atom. The van der Waals surface area contributed by atoms with Crippen LogP contribution in [0.15, 0.2) is 12.4 Å². The van der Waals surface area contributed by atoms with Crippen molar-refractivity contribution in [3.05, 3.63) is 18.2 Å². The average molecular weight is 262 g/mol. The highest BCUT2D eigenvalue weighted by molar-refractivity contribution is 5.79. The summed E-state index contributed by atoms with van der Waals surface area (Å²) in [7, 11) is 1.98. The van der Waals surface area contributed by atoms with Crippen molar-refractivity contribution < 1.29 is 4.79 Å². The molecule has 3 rings (SSSR count). The molecule has 1 aliphatic heterocycles. The van der Waals surface area contributed by atoms with Crippen molar-refractivity contribution in [3.8, 4) is 0 Å². The maximum atomic E-state index is 12.7. The summed E-state index contributed by atoms with van der Waals surface area (Å²) in [5, 5.41) is 3.25. The molecule has 5 nitrogen and oxygen atoms in total. The molecule has 104 valence electrons. The predicted octanol–water partition coefficient (Wildman–Crippen LogP) is 0.767. The van der Waals surface area contributed by atoms with Crippen LogP contribution in [0.5, 0.6) is 0 Å². The van der Waals surface area contributed by atoms with E-state index in [2.05, 4.69) is 17.2 Å². The molecule has 0 aromatic carbocycles. The lowest BCUT2D eigenvalue weighted by molar-refractivity contribution is -0.138. The number of rotatable bonds is 5. The van der Waals surface area contributed by atoms with Crippen LogP contribution in [0.2, 0.25) is 0 Å². The van der Waals surface area contributed by atoms with E-state index in [1.165, 1.54) is 0 Å². The number of hydrogen-bond acceptors (Lipinski definition) is 3. The Hall–Kier alpha value is -1.36. The zero-order chi connectivity index (χ0) is 13.4. The van der Waals surface area contributed by atoms with Crippen LogP contribution in [0.4, 0.5) is 0 Å². The van der Waals surface area contributed by atoms with Gasteiger partial charge >= 0.3 is 0 Å². The molecule has 1 atom stereocenters. The van der Waals surface area contributed by atoms with Crippen LogP contribution in [-0.2, 0) is 18.4 Å². The summed E-state index contributed by atoms with van der Waals surface area (Å²) >= 11 is 0. The monoisotopic (exact) mass is 262 g/mol. The number of imidazole rings is 1. The number of nitrogens with zero attached hydrogens (tertiary/aromatic N) is 3. The van der Waals surface area contributed by atoms with Gasteiger partial charge in [-0.2, -0.15) is 0 Å². The van der Waals surface area contributed by atoms with Gasteiger partial charge in [-0.1, -0.05) is 6.92 Å². The number of hydrogen-bond donors (Lipinski definition) is 1. The van der Waals surface area contributed by atoms with Gasteiger partial charge in [-0.25, -0.2) is 4.98 Å². The molecular weight excluding hydrogens is 240 g/mol. The third-order valence-electron chi connectivity index (χ3n) is 4.41. The van der Waals surface area contributed by atoms with Crippen LogP contribution in [-0.4, -0.2) is 39.5 Å². The van der Waals surface area contributed by atoms with Crippen LogP contribution in [0.1, 0.15) is 25.6 Å². The molecule has 5 heteroatoms. The van der Waals surface area contributed by atoms with E-state index in [9.17, 15) is 4.79 Å². The second-order valence-electron chi connectivity index (χ2n) is 5.86. The highest BCUT2D eigenvalue weighted by Gasteiger charge is 2.38. The van der Waals surface area contributed by atoms with Gasteiger partial charge in [0.25, 0.3) is 0 Å². The summed E-state index contributed by atoms with van der Waals surface area (Å²) in [5.74, 6) is 1.91. The molecule has 1 amide bonds. The first-order chi connectivity index (χ1) is 9.16. The van der Waals surface area contributed by atoms with E-state index in [0.29, 0.717) is 24.4 Å². The fraction of sp³-hybridized carbons (Fsp3) is 0.714. The van der Waals surface area contributed by atoms with E-state index < -0.39 is 0 Å². The van der Waals surface area contributed by atoms with Crippen molar-refractivity contribution in [2.75, 3.05) is 13.1 Å². The second-order valence-corrected chi connectivity index (χ2v) is 5.86. The summed E-state index contributed by atoms with van der Waals surface area (Å²) in [5.41, 5.74) is 0. The number of nitrogens with one attached hydrogen (secondary N) is 1. The van der Waals surface area contributed by atoms with E-state index >= 15 is 0 Å². The summed E-state index contributed by atoms with van der Waals surface area (Å²) in [6.07, 6.45) is 6.02. The topological polar surface area (TPSA) is 50.2 Å². The molecule has 1 aromatic heterocycles. The van der Waals surface area contributed by atoms with Gasteiger partial charge < -0.3 is 14.8 Å². The van der Waals surface area contributed by atoms with Gasteiger partial charge in [0.2, 0.25) is 5.91 Å². The molecule has 2 heterocycles. The van der Waals surface area contributed by atoms with Gasteiger partial charge in [0.15, 0.2) is 0 Å². The highest BCUT2D eigenvalue weighted by atomic mass is 16.2. The minimum atomic E-state index is 0.127. The Labute approximate surface area is 114 Å². The quantitative estimate of drug-likeness (QED) is 0.852. The van der Waals surface area contributed by atoms with Gasteiger partial charge in [0, 0.05) is 31.4 Å². The maximum absolute atomic E-state index is 12.7. The minimum Gasteiger partial charge on any atom is -0.337 e. The van der Waals surface area contributed by atoms with Crippen molar-refractivity contribution in [1.29, 1.82) is 0 Å². The molecule has 1 saturated heterocycles. The minimum absolute atomic E-state index is 0.127. The molecule has 2 aliphatic rings. The van der Waals surface area contributed by atoms with Crippen LogP contribution in [0.25, 0.3) is 0 Å². The van der Waals surface area contributed by atoms with E-state index in [0.717, 1.165) is 31.8 Å². The van der Waals surface area contributed by atoms with Gasteiger partial charge in [0.05, 0.1) is 6.54 Å². The Kier molecular flexibility index (Phi) is 3.31. The molecule has 0 radical (unpaired) electrons. The van der Waals surface area contributed by atoms with Crippen LogP contribution < -0.4 is 5.32 Å². The lowest BCUT2D eigenvalue weighted by Crippen LogP contribution is -2.50. The largest absolute Gasteiger partial charge is 0.337 e. The van der Waals surface area contributed by atoms with Crippen molar-refractivity contribution in [2.24, 2.45) is 18.9 Å². The van der Waals surface area contributed by atoms with Crippen molar-refractivity contribution >= 4 is 5.91 Å². The molecule has 1 aliphatic carbocycles. The molecule has 1 unspecified atom stereocenters. The normalized spacial score (nSPS) is 20.9. The standard InChI is InChI=1S/C14H22N4O/c1-10(11-7-15-8-11)14(19)18(12-3-4-12)9-13-16-5-6-17(13)2/h5-6,10-12,15H,3-4,7-9H2,1-2H3. The van der Waals surface area contributed by atoms with E-state index in [1.807, 2.05) is 22.7 Å². The number of carbonyl (C=O) groups excluding carboxylic acids is 1. The zero-order valence-electron chi connectivity index (χ0n) is 11.7. The summed E-state index contributed by atoms with van der Waals surface area (Å²) in [4.78, 5) is 19.0. The summed E-state index contributed by atoms with van der Waals surface area (Å²) < 4.78 is 2.00. The lowest BCUT2D eigenvalue weighted by atomic mass is 9.88. The summed E-state index contributed by atoms with van der Waals surface area (Å²) in [6, 6.07) is 0.444.